The third-order valence-corrected chi connectivity index (χ3v) is 5.77. The van der Waals surface area contributed by atoms with Crippen LogP contribution in [0.15, 0.2) is 70.0 Å². The van der Waals surface area contributed by atoms with Crippen LogP contribution in [0.4, 0.5) is 11.4 Å². The van der Waals surface area contributed by atoms with Crippen molar-refractivity contribution in [3.8, 4) is 17.1 Å². The van der Waals surface area contributed by atoms with Gasteiger partial charge >= 0.3 is 0 Å². The molecule has 0 aliphatic carbocycles. The smallest absolute Gasteiger partial charge is 0.280 e. The maximum atomic E-state index is 12.9. The number of carbonyl (C=O) groups is 1. The van der Waals surface area contributed by atoms with Crippen LogP contribution in [-0.4, -0.2) is 21.8 Å². The molecule has 1 aliphatic rings. The fraction of sp³-hybridized carbons (Fsp3) is 0.0909. The Kier molecular flexibility index (Phi) is 5.88. The van der Waals surface area contributed by atoms with Crippen LogP contribution in [0.3, 0.4) is 0 Å². The molecule has 0 bridgehead atoms. The van der Waals surface area contributed by atoms with Crippen LogP contribution in [-0.2, 0) is 4.79 Å². The van der Waals surface area contributed by atoms with E-state index in [2.05, 4.69) is 0 Å². The van der Waals surface area contributed by atoms with E-state index in [-0.39, 0.29) is 11.6 Å². The number of furan rings is 1. The SMILES string of the molecule is CCOc1ccc(N2C(=O)/C(=C/c3ccc(-c4ccccc4[N+](=O)[O-])o3)SC2=S)cc1. The Balaban J connectivity index is 1.59. The molecule has 3 aromatic rings. The van der Waals surface area contributed by atoms with Crippen LogP contribution in [0.5, 0.6) is 5.75 Å². The molecular formula is C22H16N2O5S2. The van der Waals surface area contributed by atoms with E-state index in [4.69, 9.17) is 21.4 Å². The second-order valence-corrected chi connectivity index (χ2v) is 8.10. The first kappa shape index (κ1) is 20.8. The Morgan fingerprint density at radius 1 is 1.16 bits per heavy atom. The van der Waals surface area contributed by atoms with E-state index in [0.29, 0.717) is 44.4 Å². The second kappa shape index (κ2) is 8.75. The Morgan fingerprint density at radius 2 is 1.90 bits per heavy atom. The van der Waals surface area contributed by atoms with Gasteiger partial charge in [-0.15, -0.1) is 0 Å². The summed E-state index contributed by atoms with van der Waals surface area (Å²) in [7, 11) is 0. The molecule has 0 N–H and O–H groups in total. The number of nitrogens with zero attached hydrogens (tertiary/aromatic N) is 2. The molecule has 0 saturated carbocycles. The number of hydrogen-bond donors (Lipinski definition) is 0. The predicted molar refractivity (Wildman–Crippen MR) is 124 cm³/mol. The van der Waals surface area contributed by atoms with Gasteiger partial charge in [-0.1, -0.05) is 36.1 Å². The van der Waals surface area contributed by atoms with Gasteiger partial charge in [-0.2, -0.15) is 0 Å². The first-order valence-electron chi connectivity index (χ1n) is 9.32. The van der Waals surface area contributed by atoms with Gasteiger partial charge in [0.05, 0.1) is 27.7 Å². The maximum absolute atomic E-state index is 12.9. The van der Waals surface area contributed by atoms with Crippen molar-refractivity contribution in [2.45, 2.75) is 6.92 Å². The summed E-state index contributed by atoms with van der Waals surface area (Å²) in [5.74, 6) is 1.20. The highest BCUT2D eigenvalue weighted by Crippen LogP contribution is 2.37. The van der Waals surface area contributed by atoms with Gasteiger partial charge in [0.2, 0.25) is 0 Å². The van der Waals surface area contributed by atoms with Gasteiger partial charge < -0.3 is 9.15 Å². The molecule has 0 spiro atoms. The minimum Gasteiger partial charge on any atom is -0.494 e. The topological polar surface area (TPSA) is 85.8 Å². The quantitative estimate of drug-likeness (QED) is 0.206. The van der Waals surface area contributed by atoms with Gasteiger partial charge in [-0.3, -0.25) is 19.8 Å². The number of thioether (sulfide) groups is 1. The van der Waals surface area contributed by atoms with E-state index in [9.17, 15) is 14.9 Å². The first-order valence-corrected chi connectivity index (χ1v) is 10.5. The molecule has 1 aliphatic heterocycles. The lowest BCUT2D eigenvalue weighted by Crippen LogP contribution is -2.27. The van der Waals surface area contributed by atoms with E-state index in [1.54, 1.807) is 60.7 Å². The first-order chi connectivity index (χ1) is 15.0. The summed E-state index contributed by atoms with van der Waals surface area (Å²) in [6, 6.07) is 16.8. The molecular weight excluding hydrogens is 436 g/mol. The third-order valence-electron chi connectivity index (χ3n) is 4.47. The minimum absolute atomic E-state index is 0.0507. The third kappa shape index (κ3) is 4.23. The fourth-order valence-electron chi connectivity index (χ4n) is 3.09. The molecule has 2 heterocycles. The number of hydrogen-bond acceptors (Lipinski definition) is 7. The molecule has 156 valence electrons. The van der Waals surface area contributed by atoms with Crippen LogP contribution in [0, 0.1) is 10.1 Å². The van der Waals surface area contributed by atoms with Crippen molar-refractivity contribution in [1.82, 2.24) is 0 Å². The highest BCUT2D eigenvalue weighted by atomic mass is 32.2. The van der Waals surface area contributed by atoms with Crippen molar-refractivity contribution in [2.24, 2.45) is 0 Å². The standard InChI is InChI=1S/C22H16N2O5S2/c1-2-28-15-9-7-14(8-10-15)23-21(25)20(31-22(23)30)13-16-11-12-19(29-16)17-5-3-4-6-18(17)24(26)27/h3-13H,2H2,1H3/b20-13-. The number of ether oxygens (including phenoxy) is 1. The zero-order chi connectivity index (χ0) is 22.0. The zero-order valence-electron chi connectivity index (χ0n) is 16.3. The Hall–Kier alpha value is -3.43. The molecule has 0 atom stereocenters. The van der Waals surface area contributed by atoms with Crippen LogP contribution in [0.1, 0.15) is 12.7 Å². The van der Waals surface area contributed by atoms with Gasteiger partial charge in [0.25, 0.3) is 11.6 Å². The van der Waals surface area contributed by atoms with Gasteiger partial charge in [-0.25, -0.2) is 0 Å². The number of nitro groups is 1. The number of amides is 1. The number of thiocarbonyl (C=S) groups is 1. The van der Waals surface area contributed by atoms with Gasteiger partial charge in [0.1, 0.15) is 17.3 Å². The summed E-state index contributed by atoms with van der Waals surface area (Å²) >= 11 is 6.56. The number of carbonyl (C=O) groups excluding carboxylic acids is 1. The lowest BCUT2D eigenvalue weighted by molar-refractivity contribution is -0.384. The molecule has 1 amide bonds. The summed E-state index contributed by atoms with van der Waals surface area (Å²) in [4.78, 5) is 25.6. The number of anilines is 1. The van der Waals surface area contributed by atoms with Crippen molar-refractivity contribution in [2.75, 3.05) is 11.5 Å². The summed E-state index contributed by atoms with van der Waals surface area (Å²) in [6.07, 6.45) is 1.59. The number of para-hydroxylation sites is 1. The Labute approximate surface area is 187 Å². The molecule has 9 heteroatoms. The van der Waals surface area contributed by atoms with Gasteiger partial charge in [0.15, 0.2) is 4.32 Å². The van der Waals surface area contributed by atoms with E-state index in [1.165, 1.54) is 22.7 Å². The summed E-state index contributed by atoms with van der Waals surface area (Å²) in [6.45, 7) is 2.46. The molecule has 0 radical (unpaired) electrons. The second-order valence-electron chi connectivity index (χ2n) is 6.42. The maximum Gasteiger partial charge on any atom is 0.280 e. The normalized spacial score (nSPS) is 15.0. The summed E-state index contributed by atoms with van der Waals surface area (Å²) in [5, 5.41) is 11.3. The number of rotatable bonds is 6. The molecule has 7 nitrogen and oxygen atoms in total. The molecule has 4 rings (SSSR count). The summed E-state index contributed by atoms with van der Waals surface area (Å²) in [5.41, 5.74) is 0.966. The van der Waals surface area contributed by atoms with Crippen molar-refractivity contribution < 1.29 is 18.9 Å². The predicted octanol–water partition coefficient (Wildman–Crippen LogP) is 5.66. The molecule has 2 aromatic carbocycles. The average Bonchev–Trinajstić information content (AvgIpc) is 3.33. The van der Waals surface area contributed by atoms with Gasteiger partial charge in [0, 0.05) is 12.1 Å². The van der Waals surface area contributed by atoms with Crippen molar-refractivity contribution in [3.63, 3.8) is 0 Å². The molecule has 31 heavy (non-hydrogen) atoms. The average molecular weight is 453 g/mol. The van der Waals surface area contributed by atoms with Crippen LogP contribution in [0.2, 0.25) is 0 Å². The highest BCUT2D eigenvalue weighted by molar-refractivity contribution is 8.27. The fourth-order valence-corrected chi connectivity index (χ4v) is 4.37. The van der Waals surface area contributed by atoms with E-state index in [1.807, 2.05) is 6.92 Å². The minimum atomic E-state index is -0.459. The lowest BCUT2D eigenvalue weighted by atomic mass is 10.1. The van der Waals surface area contributed by atoms with E-state index < -0.39 is 4.92 Å². The van der Waals surface area contributed by atoms with E-state index >= 15 is 0 Å². The lowest BCUT2D eigenvalue weighted by Gasteiger charge is -2.15. The highest BCUT2D eigenvalue weighted by Gasteiger charge is 2.33. The van der Waals surface area contributed by atoms with Crippen molar-refractivity contribution in [1.29, 1.82) is 0 Å². The van der Waals surface area contributed by atoms with E-state index in [0.717, 1.165) is 0 Å². The van der Waals surface area contributed by atoms with Crippen molar-refractivity contribution >= 4 is 51.7 Å². The monoisotopic (exact) mass is 452 g/mol. The van der Waals surface area contributed by atoms with Crippen LogP contribution >= 0.6 is 24.0 Å². The molecule has 0 unspecified atom stereocenters. The summed E-state index contributed by atoms with van der Waals surface area (Å²) < 4.78 is 11.6. The van der Waals surface area contributed by atoms with Crippen molar-refractivity contribution in [3.05, 3.63) is 81.4 Å². The molecule has 1 saturated heterocycles. The largest absolute Gasteiger partial charge is 0.494 e. The zero-order valence-corrected chi connectivity index (χ0v) is 17.9. The van der Waals surface area contributed by atoms with Crippen LogP contribution < -0.4 is 9.64 Å². The molecule has 1 fully saturated rings. The Bertz CT molecular complexity index is 1200. The number of nitro benzene ring substituents is 1. The molecule has 1 aromatic heterocycles. The Morgan fingerprint density at radius 3 is 2.61 bits per heavy atom. The van der Waals surface area contributed by atoms with Crippen LogP contribution in [0.25, 0.3) is 17.4 Å². The number of benzene rings is 2. The van der Waals surface area contributed by atoms with Gasteiger partial charge in [-0.05, 0) is 49.4 Å².